The summed E-state index contributed by atoms with van der Waals surface area (Å²) in [5.74, 6) is -0.728. The lowest BCUT2D eigenvalue weighted by molar-refractivity contribution is 0.542. The molecule has 1 aromatic heterocycles. The van der Waals surface area contributed by atoms with Gasteiger partial charge in [-0.2, -0.15) is 8.75 Å². The average molecular weight is 446 g/mol. The van der Waals surface area contributed by atoms with Crippen LogP contribution in [0.25, 0.3) is 11.0 Å². The lowest BCUT2D eigenvalue weighted by Crippen LogP contribution is -2.38. The van der Waals surface area contributed by atoms with Crippen LogP contribution in [0.3, 0.4) is 0 Å². The Hall–Kier alpha value is -2.75. The number of sulfonamides is 1. The maximum atomic E-state index is 13.3. The Morgan fingerprint density at radius 3 is 1.97 bits per heavy atom. The van der Waals surface area contributed by atoms with Gasteiger partial charge in [-0.25, -0.2) is 21.9 Å². The van der Waals surface area contributed by atoms with E-state index in [1.54, 1.807) is 36.4 Å². The fourth-order valence-corrected chi connectivity index (χ4v) is 5.25. The zero-order valence-electron chi connectivity index (χ0n) is 15.6. The van der Waals surface area contributed by atoms with Crippen LogP contribution in [0.5, 0.6) is 0 Å². The summed E-state index contributed by atoms with van der Waals surface area (Å²) < 4.78 is 63.8. The van der Waals surface area contributed by atoms with Crippen LogP contribution >= 0.6 is 11.7 Å². The maximum Gasteiger partial charge on any atom is 0.243 e. The van der Waals surface area contributed by atoms with Crippen molar-refractivity contribution in [2.75, 3.05) is 0 Å². The molecule has 0 unspecified atom stereocenters. The molecule has 5 nitrogen and oxygen atoms in total. The second-order valence-electron chi connectivity index (χ2n) is 6.87. The molecular weight excluding hydrogens is 428 g/mol. The summed E-state index contributed by atoms with van der Waals surface area (Å²) in [4.78, 5) is 0.0527. The van der Waals surface area contributed by atoms with Crippen molar-refractivity contribution >= 4 is 32.8 Å². The summed E-state index contributed by atoms with van der Waals surface area (Å²) in [6.07, 6.45) is 0.671. The number of benzene rings is 3. The molecule has 0 aliphatic rings. The second kappa shape index (κ2) is 8.55. The van der Waals surface area contributed by atoms with Crippen molar-refractivity contribution in [3.63, 3.8) is 0 Å². The van der Waals surface area contributed by atoms with Crippen LogP contribution in [-0.4, -0.2) is 23.2 Å². The number of aromatic nitrogens is 2. The van der Waals surface area contributed by atoms with Gasteiger partial charge in [0.1, 0.15) is 27.6 Å². The molecule has 0 aliphatic carbocycles. The van der Waals surface area contributed by atoms with Gasteiger partial charge in [0.2, 0.25) is 10.0 Å². The first-order valence-corrected chi connectivity index (χ1v) is 11.3. The molecule has 9 heteroatoms. The van der Waals surface area contributed by atoms with Gasteiger partial charge in [-0.05, 0) is 60.4 Å². The van der Waals surface area contributed by atoms with E-state index in [4.69, 9.17) is 0 Å². The fraction of sp³-hybridized carbons (Fsp3) is 0.143. The lowest BCUT2D eigenvalue weighted by atomic mass is 10.00. The normalized spacial score (nSPS) is 12.0. The van der Waals surface area contributed by atoms with Gasteiger partial charge in [-0.15, -0.1) is 0 Å². The van der Waals surface area contributed by atoms with E-state index in [2.05, 4.69) is 13.5 Å². The van der Waals surface area contributed by atoms with E-state index < -0.39 is 16.1 Å². The zero-order chi connectivity index (χ0) is 21.1. The highest BCUT2D eigenvalue weighted by molar-refractivity contribution is 7.89. The van der Waals surface area contributed by atoms with Gasteiger partial charge in [0.25, 0.3) is 0 Å². The van der Waals surface area contributed by atoms with E-state index in [0.29, 0.717) is 23.9 Å². The lowest BCUT2D eigenvalue weighted by Gasteiger charge is -2.19. The van der Waals surface area contributed by atoms with Crippen molar-refractivity contribution in [2.45, 2.75) is 23.8 Å². The topological polar surface area (TPSA) is 72.0 Å². The molecule has 0 saturated heterocycles. The molecule has 4 rings (SSSR count). The Balaban J connectivity index is 1.64. The Bertz CT molecular complexity index is 1210. The van der Waals surface area contributed by atoms with Crippen LogP contribution < -0.4 is 4.72 Å². The minimum absolute atomic E-state index is 0.0527. The van der Waals surface area contributed by atoms with Crippen LogP contribution in [0.15, 0.2) is 71.6 Å². The molecule has 0 aliphatic heterocycles. The summed E-state index contributed by atoms with van der Waals surface area (Å²) in [5.41, 5.74) is 2.38. The van der Waals surface area contributed by atoms with Crippen molar-refractivity contribution in [3.8, 4) is 0 Å². The Morgan fingerprint density at radius 1 is 0.833 bits per heavy atom. The predicted molar refractivity (Wildman–Crippen MR) is 112 cm³/mol. The summed E-state index contributed by atoms with van der Waals surface area (Å²) >= 11 is 0.947. The third kappa shape index (κ3) is 4.69. The van der Waals surface area contributed by atoms with Crippen LogP contribution in [-0.2, 0) is 22.9 Å². The Kier molecular flexibility index (Phi) is 5.85. The van der Waals surface area contributed by atoms with Gasteiger partial charge in [-0.3, -0.25) is 0 Å². The molecule has 154 valence electrons. The highest BCUT2D eigenvalue weighted by Gasteiger charge is 2.24. The monoisotopic (exact) mass is 445 g/mol. The first kappa shape index (κ1) is 20.5. The van der Waals surface area contributed by atoms with Gasteiger partial charge < -0.3 is 0 Å². The fourth-order valence-electron chi connectivity index (χ4n) is 3.25. The molecule has 1 N–H and O–H groups in total. The van der Waals surface area contributed by atoms with Gasteiger partial charge >= 0.3 is 0 Å². The smallest absolute Gasteiger partial charge is 0.207 e. The number of hydrogen-bond donors (Lipinski definition) is 1. The summed E-state index contributed by atoms with van der Waals surface area (Å²) in [7, 11) is -3.91. The quantitative estimate of drug-likeness (QED) is 0.465. The minimum atomic E-state index is -3.91. The molecule has 0 saturated carbocycles. The molecule has 0 spiro atoms. The van der Waals surface area contributed by atoms with E-state index in [-0.39, 0.29) is 16.5 Å². The van der Waals surface area contributed by atoms with Crippen LogP contribution in [0.2, 0.25) is 0 Å². The van der Waals surface area contributed by atoms with Crippen molar-refractivity contribution in [1.82, 2.24) is 13.5 Å². The molecular formula is C21H17F2N3O2S2. The summed E-state index contributed by atoms with van der Waals surface area (Å²) in [6.45, 7) is 0. The number of nitrogens with one attached hydrogen (secondary N) is 1. The average Bonchev–Trinajstić information content (AvgIpc) is 3.20. The third-order valence-corrected chi connectivity index (χ3v) is 6.75. The third-order valence-electron chi connectivity index (χ3n) is 4.65. The first-order chi connectivity index (χ1) is 14.4. The molecule has 1 heterocycles. The van der Waals surface area contributed by atoms with Crippen molar-refractivity contribution in [1.29, 1.82) is 0 Å². The van der Waals surface area contributed by atoms with E-state index >= 15 is 0 Å². The first-order valence-electron chi connectivity index (χ1n) is 9.13. The van der Waals surface area contributed by atoms with Crippen LogP contribution in [0, 0.1) is 11.6 Å². The molecule has 30 heavy (non-hydrogen) atoms. The van der Waals surface area contributed by atoms with E-state index in [9.17, 15) is 17.2 Å². The van der Waals surface area contributed by atoms with E-state index in [1.807, 2.05) is 0 Å². The number of halogens is 2. The van der Waals surface area contributed by atoms with Gasteiger partial charge in [0.05, 0.1) is 11.7 Å². The van der Waals surface area contributed by atoms with Gasteiger partial charge in [0.15, 0.2) is 0 Å². The van der Waals surface area contributed by atoms with Crippen LogP contribution in [0.4, 0.5) is 8.78 Å². The van der Waals surface area contributed by atoms with Gasteiger partial charge in [0, 0.05) is 6.04 Å². The number of hydrogen-bond acceptors (Lipinski definition) is 5. The number of rotatable bonds is 7. The zero-order valence-corrected chi connectivity index (χ0v) is 17.3. The largest absolute Gasteiger partial charge is 0.243 e. The molecule has 3 aromatic carbocycles. The highest BCUT2D eigenvalue weighted by Crippen LogP contribution is 2.22. The molecule has 4 aromatic rings. The minimum Gasteiger partial charge on any atom is -0.207 e. The number of nitrogens with zero attached hydrogens (tertiary/aromatic N) is 2. The molecule has 0 atom stereocenters. The van der Waals surface area contributed by atoms with E-state index in [0.717, 1.165) is 22.9 Å². The SMILES string of the molecule is O=S(=O)(NC(Cc1ccc(F)cc1)Cc1ccc(F)cc1)c1cccc2nsnc12. The molecule has 0 amide bonds. The van der Waals surface area contributed by atoms with Crippen molar-refractivity contribution in [3.05, 3.63) is 89.5 Å². The molecule has 0 fully saturated rings. The summed E-state index contributed by atoms with van der Waals surface area (Å²) in [5, 5.41) is 0. The number of fused-ring (bicyclic) bond motifs is 1. The van der Waals surface area contributed by atoms with Crippen molar-refractivity contribution < 1.29 is 17.2 Å². The van der Waals surface area contributed by atoms with Crippen molar-refractivity contribution in [2.24, 2.45) is 0 Å². The van der Waals surface area contributed by atoms with E-state index in [1.165, 1.54) is 30.3 Å². The molecule has 0 bridgehead atoms. The highest BCUT2D eigenvalue weighted by atomic mass is 32.2. The predicted octanol–water partition coefficient (Wildman–Crippen LogP) is 4.10. The Morgan fingerprint density at radius 2 is 1.40 bits per heavy atom. The standard InChI is InChI=1S/C21H17F2N3O2S2/c22-16-8-4-14(5-9-16)12-18(13-15-6-10-17(23)11-7-15)26-30(27,28)20-3-1-2-19-21(20)25-29-24-19/h1-11,18,26H,12-13H2. The Labute approximate surface area is 176 Å². The second-order valence-corrected chi connectivity index (χ2v) is 9.08. The maximum absolute atomic E-state index is 13.3. The van der Waals surface area contributed by atoms with Crippen LogP contribution in [0.1, 0.15) is 11.1 Å². The van der Waals surface area contributed by atoms with Gasteiger partial charge in [-0.1, -0.05) is 30.3 Å². The molecule has 0 radical (unpaired) electrons. The summed E-state index contributed by atoms with van der Waals surface area (Å²) in [6, 6.07) is 16.1.